The molecule has 2 aromatic rings. The van der Waals surface area contributed by atoms with Crippen molar-refractivity contribution in [3.63, 3.8) is 0 Å². The average molecular weight is 424 g/mol. The SMILES string of the molecule is CNc1ncc(C(=N)c2ccc(N3CCOCC3)cc2)c(NCC2CCC(N)CC2)n1. The van der Waals surface area contributed by atoms with Crippen molar-refractivity contribution < 1.29 is 4.74 Å². The minimum absolute atomic E-state index is 0.343. The van der Waals surface area contributed by atoms with Crippen molar-refractivity contribution in [2.75, 3.05) is 55.4 Å². The van der Waals surface area contributed by atoms with E-state index in [0.717, 1.165) is 69.8 Å². The molecule has 166 valence electrons. The molecule has 1 saturated heterocycles. The fourth-order valence-corrected chi connectivity index (χ4v) is 4.27. The molecule has 1 saturated carbocycles. The van der Waals surface area contributed by atoms with Gasteiger partial charge in [0.2, 0.25) is 5.95 Å². The number of hydrogen-bond acceptors (Lipinski definition) is 8. The van der Waals surface area contributed by atoms with Gasteiger partial charge in [0.05, 0.1) is 24.5 Å². The highest BCUT2D eigenvalue weighted by Crippen LogP contribution is 2.25. The van der Waals surface area contributed by atoms with Gasteiger partial charge in [-0.05, 0) is 43.7 Å². The van der Waals surface area contributed by atoms with Crippen molar-refractivity contribution in [1.29, 1.82) is 5.41 Å². The number of aromatic nitrogens is 2. The van der Waals surface area contributed by atoms with Gasteiger partial charge in [-0.3, -0.25) is 5.41 Å². The molecule has 31 heavy (non-hydrogen) atoms. The Kier molecular flexibility index (Phi) is 6.99. The van der Waals surface area contributed by atoms with Crippen molar-refractivity contribution in [2.45, 2.75) is 31.7 Å². The van der Waals surface area contributed by atoms with Gasteiger partial charge < -0.3 is 26.0 Å². The van der Waals surface area contributed by atoms with E-state index in [0.29, 0.717) is 35.0 Å². The summed E-state index contributed by atoms with van der Waals surface area (Å²) in [5.41, 5.74) is 9.19. The number of nitrogens with two attached hydrogens (primary N) is 1. The molecule has 8 heteroatoms. The standard InChI is InChI=1S/C23H33N7O/c1-26-23-28-15-20(22(29-23)27-14-16-2-6-18(24)7-3-16)21(25)17-4-8-19(9-5-17)30-10-12-31-13-11-30/h4-5,8-9,15-16,18,25H,2-3,6-7,10-14,24H2,1H3,(H2,26,27,28,29). The third-order valence-electron chi connectivity index (χ3n) is 6.26. The average Bonchev–Trinajstić information content (AvgIpc) is 2.84. The molecule has 0 spiro atoms. The number of benzene rings is 1. The summed E-state index contributed by atoms with van der Waals surface area (Å²) in [4.78, 5) is 11.3. The second kappa shape index (κ2) is 10.1. The first-order valence-electron chi connectivity index (χ1n) is 11.2. The molecular formula is C23H33N7O. The summed E-state index contributed by atoms with van der Waals surface area (Å²) < 4.78 is 5.44. The van der Waals surface area contributed by atoms with Gasteiger partial charge >= 0.3 is 0 Å². The maximum Gasteiger partial charge on any atom is 0.224 e. The molecular weight excluding hydrogens is 390 g/mol. The Morgan fingerprint density at radius 1 is 1.16 bits per heavy atom. The van der Waals surface area contributed by atoms with Crippen molar-refractivity contribution in [3.8, 4) is 0 Å². The molecule has 0 amide bonds. The molecule has 5 N–H and O–H groups in total. The van der Waals surface area contributed by atoms with Crippen LogP contribution in [0.2, 0.25) is 0 Å². The molecule has 8 nitrogen and oxygen atoms in total. The number of rotatable bonds is 7. The summed E-state index contributed by atoms with van der Waals surface area (Å²) in [7, 11) is 1.80. The van der Waals surface area contributed by atoms with Gasteiger partial charge in [0.25, 0.3) is 0 Å². The molecule has 1 aromatic carbocycles. The zero-order chi connectivity index (χ0) is 21.6. The maximum absolute atomic E-state index is 8.81. The molecule has 0 bridgehead atoms. The first kappa shape index (κ1) is 21.5. The van der Waals surface area contributed by atoms with Crippen LogP contribution in [-0.4, -0.2) is 61.6 Å². The number of ether oxygens (including phenoxy) is 1. The summed E-state index contributed by atoms with van der Waals surface area (Å²) in [6.45, 7) is 4.15. The van der Waals surface area contributed by atoms with E-state index in [1.54, 1.807) is 13.2 Å². The third-order valence-corrected chi connectivity index (χ3v) is 6.26. The lowest BCUT2D eigenvalue weighted by atomic mass is 9.86. The Bertz CT molecular complexity index is 872. The third kappa shape index (κ3) is 5.32. The highest BCUT2D eigenvalue weighted by molar-refractivity contribution is 6.13. The molecule has 0 unspecified atom stereocenters. The second-order valence-electron chi connectivity index (χ2n) is 8.39. The van der Waals surface area contributed by atoms with Crippen LogP contribution in [0, 0.1) is 11.3 Å². The summed E-state index contributed by atoms with van der Waals surface area (Å²) in [6, 6.07) is 8.51. The second-order valence-corrected chi connectivity index (χ2v) is 8.39. The maximum atomic E-state index is 8.81. The van der Waals surface area contributed by atoms with Gasteiger partial charge in [0.15, 0.2) is 0 Å². The lowest BCUT2D eigenvalue weighted by Crippen LogP contribution is -2.36. The molecule has 2 aliphatic rings. The van der Waals surface area contributed by atoms with Crippen molar-refractivity contribution in [3.05, 3.63) is 41.6 Å². The summed E-state index contributed by atoms with van der Waals surface area (Å²) >= 11 is 0. The zero-order valence-corrected chi connectivity index (χ0v) is 18.2. The van der Waals surface area contributed by atoms with Crippen molar-refractivity contribution in [1.82, 2.24) is 9.97 Å². The van der Waals surface area contributed by atoms with Gasteiger partial charge in [-0.1, -0.05) is 12.1 Å². The quantitative estimate of drug-likeness (QED) is 0.507. The number of hydrogen-bond donors (Lipinski definition) is 4. The predicted molar refractivity (Wildman–Crippen MR) is 125 cm³/mol. The number of nitrogens with zero attached hydrogens (tertiary/aromatic N) is 3. The van der Waals surface area contributed by atoms with E-state index in [9.17, 15) is 0 Å². The molecule has 0 radical (unpaired) electrons. The van der Waals surface area contributed by atoms with Gasteiger partial charge in [0, 0.05) is 50.2 Å². The minimum atomic E-state index is 0.343. The summed E-state index contributed by atoms with van der Waals surface area (Å²) in [5.74, 6) is 1.84. The monoisotopic (exact) mass is 423 g/mol. The van der Waals surface area contributed by atoms with E-state index in [1.807, 2.05) is 12.1 Å². The van der Waals surface area contributed by atoms with Crippen LogP contribution >= 0.6 is 0 Å². The highest BCUT2D eigenvalue weighted by Gasteiger charge is 2.20. The highest BCUT2D eigenvalue weighted by atomic mass is 16.5. The molecule has 2 fully saturated rings. The number of anilines is 3. The van der Waals surface area contributed by atoms with E-state index >= 15 is 0 Å². The molecule has 4 rings (SSSR count). The van der Waals surface area contributed by atoms with Crippen LogP contribution < -0.4 is 21.3 Å². The largest absolute Gasteiger partial charge is 0.378 e. The molecule has 1 aliphatic heterocycles. The molecule has 1 aromatic heterocycles. The first-order chi connectivity index (χ1) is 15.1. The van der Waals surface area contributed by atoms with E-state index in [-0.39, 0.29) is 0 Å². The number of morpholine rings is 1. The Labute approximate surface area is 184 Å². The van der Waals surface area contributed by atoms with Gasteiger partial charge in [-0.15, -0.1) is 0 Å². The summed E-state index contributed by atoms with van der Waals surface area (Å²) in [6.07, 6.45) is 6.16. The Morgan fingerprint density at radius 2 is 1.87 bits per heavy atom. The smallest absolute Gasteiger partial charge is 0.224 e. The Hall–Kier alpha value is -2.71. The lowest BCUT2D eigenvalue weighted by Gasteiger charge is -2.29. The topological polar surface area (TPSA) is 112 Å². The Morgan fingerprint density at radius 3 is 2.55 bits per heavy atom. The van der Waals surface area contributed by atoms with Crippen LogP contribution in [0.15, 0.2) is 30.5 Å². The van der Waals surface area contributed by atoms with Crippen LogP contribution in [0.4, 0.5) is 17.5 Å². The van der Waals surface area contributed by atoms with Crippen LogP contribution in [-0.2, 0) is 4.74 Å². The lowest BCUT2D eigenvalue weighted by molar-refractivity contribution is 0.122. The van der Waals surface area contributed by atoms with E-state index < -0.39 is 0 Å². The van der Waals surface area contributed by atoms with Gasteiger partial charge in [-0.25, -0.2) is 4.98 Å². The first-order valence-corrected chi connectivity index (χ1v) is 11.2. The van der Waals surface area contributed by atoms with Crippen LogP contribution in [0.3, 0.4) is 0 Å². The fraction of sp³-hybridized carbons (Fsp3) is 0.522. The van der Waals surface area contributed by atoms with Crippen molar-refractivity contribution >= 4 is 23.2 Å². The number of nitrogens with one attached hydrogen (secondary N) is 3. The summed E-state index contributed by atoms with van der Waals surface area (Å²) in [5, 5.41) is 15.3. The van der Waals surface area contributed by atoms with Crippen LogP contribution in [0.1, 0.15) is 36.8 Å². The van der Waals surface area contributed by atoms with Crippen LogP contribution in [0.25, 0.3) is 0 Å². The van der Waals surface area contributed by atoms with Crippen molar-refractivity contribution in [2.24, 2.45) is 11.7 Å². The van der Waals surface area contributed by atoms with Crippen LogP contribution in [0.5, 0.6) is 0 Å². The molecule has 1 aliphatic carbocycles. The Balaban J connectivity index is 1.48. The van der Waals surface area contributed by atoms with Gasteiger partial charge in [0.1, 0.15) is 5.82 Å². The minimum Gasteiger partial charge on any atom is -0.378 e. The molecule has 0 atom stereocenters. The predicted octanol–water partition coefficient (Wildman–Crippen LogP) is 2.70. The normalized spacial score (nSPS) is 21.5. The zero-order valence-electron chi connectivity index (χ0n) is 18.2. The van der Waals surface area contributed by atoms with Gasteiger partial charge in [-0.2, -0.15) is 4.98 Å². The van der Waals surface area contributed by atoms with E-state index in [2.05, 4.69) is 37.6 Å². The van der Waals surface area contributed by atoms with E-state index in [4.69, 9.17) is 15.9 Å². The fourth-order valence-electron chi connectivity index (χ4n) is 4.27. The van der Waals surface area contributed by atoms with E-state index in [1.165, 1.54) is 0 Å². The molecule has 2 heterocycles.